The fraction of sp³-hybridized carbons (Fsp3) is 0.692. The van der Waals surface area contributed by atoms with Crippen molar-refractivity contribution in [2.24, 2.45) is 0 Å². The number of hydrogen-bond acceptors (Lipinski definition) is 5. The first-order valence-corrected chi connectivity index (χ1v) is 6.65. The number of methoxy groups -OCH3 is 1. The normalized spacial score (nSPS) is 23.3. The summed E-state index contributed by atoms with van der Waals surface area (Å²) in [6, 6.07) is 2.44. The summed E-state index contributed by atoms with van der Waals surface area (Å²) in [5.74, 6) is 0.394. The van der Waals surface area contributed by atoms with Crippen LogP contribution in [0.2, 0.25) is 0 Å². The molecule has 1 heterocycles. The summed E-state index contributed by atoms with van der Waals surface area (Å²) in [5, 5.41) is 10.0. The number of carbonyl (C=O) groups is 1. The Bertz CT molecular complexity index is 411. The summed E-state index contributed by atoms with van der Waals surface area (Å²) >= 11 is 0. The number of ether oxygens (including phenoxy) is 1. The van der Waals surface area contributed by atoms with Crippen molar-refractivity contribution in [2.45, 2.75) is 44.4 Å². The first-order valence-electron chi connectivity index (χ1n) is 6.65. The lowest BCUT2D eigenvalue weighted by atomic mass is 9.91. The molecule has 1 saturated carbocycles. The van der Waals surface area contributed by atoms with Crippen LogP contribution >= 0.6 is 0 Å². The van der Waals surface area contributed by atoms with Gasteiger partial charge in [-0.3, -0.25) is 4.79 Å². The van der Waals surface area contributed by atoms with Crippen molar-refractivity contribution in [3.05, 3.63) is 17.5 Å². The first-order chi connectivity index (χ1) is 9.22. The second-order valence-electron chi connectivity index (χ2n) is 4.92. The summed E-state index contributed by atoms with van der Waals surface area (Å²) in [4.78, 5) is 12.0. The molecule has 6 heteroatoms. The first kappa shape index (κ1) is 14.0. The minimum atomic E-state index is -0.168. The number of carbonyl (C=O) groups excluding carboxylic acids is 1. The quantitative estimate of drug-likeness (QED) is 0.835. The highest BCUT2D eigenvalue weighted by atomic mass is 16.5. The van der Waals surface area contributed by atoms with Gasteiger partial charge >= 0.3 is 0 Å². The van der Waals surface area contributed by atoms with E-state index < -0.39 is 0 Å². The van der Waals surface area contributed by atoms with Crippen molar-refractivity contribution in [1.29, 1.82) is 0 Å². The van der Waals surface area contributed by atoms with Gasteiger partial charge in [0.1, 0.15) is 6.61 Å². The van der Waals surface area contributed by atoms with Gasteiger partial charge in [0, 0.05) is 25.3 Å². The predicted octanol–water partition coefficient (Wildman–Crippen LogP) is 1.08. The molecule has 2 N–H and O–H groups in total. The molecule has 1 aromatic rings. The van der Waals surface area contributed by atoms with Crippen LogP contribution in [0.25, 0.3) is 0 Å². The minimum Gasteiger partial charge on any atom is -0.377 e. The molecular formula is C13H21N3O3. The minimum absolute atomic E-state index is 0.168. The average Bonchev–Trinajstić information content (AvgIpc) is 2.89. The molecule has 19 heavy (non-hydrogen) atoms. The fourth-order valence-corrected chi connectivity index (χ4v) is 2.42. The van der Waals surface area contributed by atoms with Gasteiger partial charge in [0.25, 0.3) is 5.91 Å². The van der Waals surface area contributed by atoms with Crippen LogP contribution in [0.1, 0.15) is 41.9 Å². The molecular weight excluding hydrogens is 246 g/mol. The molecule has 0 radical (unpaired) electrons. The largest absolute Gasteiger partial charge is 0.377 e. The number of nitrogens with zero attached hydrogens (tertiary/aromatic N) is 1. The van der Waals surface area contributed by atoms with Gasteiger partial charge in [0.2, 0.25) is 0 Å². The van der Waals surface area contributed by atoms with Crippen LogP contribution in [0.15, 0.2) is 10.6 Å². The SMILES string of the molecule is CNC1CCC(NC(=O)c2cc(COC)on2)CC1. The van der Waals surface area contributed by atoms with Crippen LogP contribution in [0, 0.1) is 0 Å². The molecule has 1 aliphatic carbocycles. The highest BCUT2D eigenvalue weighted by Crippen LogP contribution is 2.18. The summed E-state index contributed by atoms with van der Waals surface area (Å²) in [6.07, 6.45) is 4.18. The average molecular weight is 267 g/mol. The van der Waals surface area contributed by atoms with Gasteiger partial charge in [-0.2, -0.15) is 0 Å². The summed E-state index contributed by atoms with van der Waals surface area (Å²) < 4.78 is 9.93. The van der Waals surface area contributed by atoms with Crippen LogP contribution < -0.4 is 10.6 Å². The van der Waals surface area contributed by atoms with Gasteiger partial charge in [-0.25, -0.2) is 0 Å². The Morgan fingerprint density at radius 3 is 2.74 bits per heavy atom. The Kier molecular flexibility index (Phi) is 4.93. The van der Waals surface area contributed by atoms with Crippen LogP contribution in [0.3, 0.4) is 0 Å². The van der Waals surface area contributed by atoms with E-state index in [-0.39, 0.29) is 11.9 Å². The topological polar surface area (TPSA) is 76.4 Å². The Balaban J connectivity index is 1.83. The number of amides is 1. The highest BCUT2D eigenvalue weighted by molar-refractivity contribution is 5.92. The molecule has 1 fully saturated rings. The van der Waals surface area contributed by atoms with Crippen LogP contribution in [0.5, 0.6) is 0 Å². The summed E-state index contributed by atoms with van der Waals surface area (Å²) in [5.41, 5.74) is 0.322. The second-order valence-corrected chi connectivity index (χ2v) is 4.92. The maximum absolute atomic E-state index is 12.0. The molecule has 2 rings (SSSR count). The molecule has 6 nitrogen and oxygen atoms in total. The highest BCUT2D eigenvalue weighted by Gasteiger charge is 2.22. The number of aromatic nitrogens is 1. The van der Waals surface area contributed by atoms with Gasteiger partial charge < -0.3 is 19.9 Å². The van der Waals surface area contributed by atoms with E-state index in [4.69, 9.17) is 9.26 Å². The summed E-state index contributed by atoms with van der Waals surface area (Å²) in [6.45, 7) is 0.327. The monoisotopic (exact) mass is 267 g/mol. The van der Waals surface area contributed by atoms with Gasteiger partial charge in [-0.15, -0.1) is 0 Å². The standard InChI is InChI=1S/C13H21N3O3/c1-14-9-3-5-10(6-4-9)15-13(17)12-7-11(8-18-2)19-16-12/h7,9-10,14H,3-6,8H2,1-2H3,(H,15,17). The third-order valence-corrected chi connectivity index (χ3v) is 3.55. The Hall–Kier alpha value is -1.40. The van der Waals surface area contributed by atoms with E-state index in [1.807, 2.05) is 7.05 Å². The second kappa shape index (κ2) is 6.68. The van der Waals surface area contributed by atoms with Crippen molar-refractivity contribution in [1.82, 2.24) is 15.8 Å². The van der Waals surface area contributed by atoms with E-state index in [2.05, 4.69) is 15.8 Å². The maximum atomic E-state index is 12.0. The molecule has 106 valence electrons. The Labute approximate surface area is 112 Å². The maximum Gasteiger partial charge on any atom is 0.273 e. The molecule has 1 amide bonds. The number of hydrogen-bond donors (Lipinski definition) is 2. The molecule has 0 saturated heterocycles. The van der Waals surface area contributed by atoms with Crippen LogP contribution in [0.4, 0.5) is 0 Å². The van der Waals surface area contributed by atoms with E-state index >= 15 is 0 Å². The molecule has 0 unspecified atom stereocenters. The molecule has 0 aromatic carbocycles. The van der Waals surface area contributed by atoms with Crippen molar-refractivity contribution in [2.75, 3.05) is 14.2 Å². The molecule has 0 spiro atoms. The lowest BCUT2D eigenvalue weighted by molar-refractivity contribution is 0.0914. The van der Waals surface area contributed by atoms with E-state index in [1.165, 1.54) is 0 Å². The van der Waals surface area contributed by atoms with E-state index in [0.29, 0.717) is 24.1 Å². The Morgan fingerprint density at radius 1 is 1.42 bits per heavy atom. The van der Waals surface area contributed by atoms with Crippen molar-refractivity contribution in [3.8, 4) is 0 Å². The zero-order valence-corrected chi connectivity index (χ0v) is 11.4. The third-order valence-electron chi connectivity index (χ3n) is 3.55. The van der Waals surface area contributed by atoms with Gasteiger partial charge in [0.05, 0.1) is 0 Å². The van der Waals surface area contributed by atoms with Crippen LogP contribution in [-0.4, -0.2) is 37.3 Å². The zero-order valence-electron chi connectivity index (χ0n) is 11.4. The molecule has 0 aliphatic heterocycles. The van der Waals surface area contributed by atoms with Gasteiger partial charge in [-0.05, 0) is 32.7 Å². The molecule has 0 atom stereocenters. The van der Waals surface area contributed by atoms with Gasteiger partial charge in [0.15, 0.2) is 11.5 Å². The number of rotatable bonds is 5. The predicted molar refractivity (Wildman–Crippen MR) is 69.8 cm³/mol. The van der Waals surface area contributed by atoms with E-state index in [9.17, 15) is 4.79 Å². The smallest absolute Gasteiger partial charge is 0.273 e. The molecule has 1 aromatic heterocycles. The fourth-order valence-electron chi connectivity index (χ4n) is 2.42. The van der Waals surface area contributed by atoms with E-state index in [0.717, 1.165) is 25.7 Å². The molecule has 1 aliphatic rings. The van der Waals surface area contributed by atoms with Gasteiger partial charge in [-0.1, -0.05) is 5.16 Å². The Morgan fingerprint density at radius 2 is 2.11 bits per heavy atom. The zero-order chi connectivity index (χ0) is 13.7. The van der Waals surface area contributed by atoms with Crippen LogP contribution in [-0.2, 0) is 11.3 Å². The van der Waals surface area contributed by atoms with Crippen molar-refractivity contribution < 1.29 is 14.1 Å². The van der Waals surface area contributed by atoms with Crippen molar-refractivity contribution >= 4 is 5.91 Å². The third kappa shape index (κ3) is 3.78. The van der Waals surface area contributed by atoms with E-state index in [1.54, 1.807) is 13.2 Å². The summed E-state index contributed by atoms with van der Waals surface area (Å²) in [7, 11) is 3.55. The number of nitrogens with one attached hydrogen (secondary N) is 2. The molecule has 0 bridgehead atoms. The van der Waals surface area contributed by atoms with Crippen molar-refractivity contribution in [3.63, 3.8) is 0 Å². The lowest BCUT2D eigenvalue weighted by Crippen LogP contribution is -2.41. The lowest BCUT2D eigenvalue weighted by Gasteiger charge is -2.28.